The molecule has 0 atom stereocenters. The van der Waals surface area contributed by atoms with E-state index in [2.05, 4.69) is 39.9 Å². The standard InChI is InChI=1S/C12H15BrN4O/c1-8(2)17-5-4-10(15-17)6-16-7-14-9(3)11(13)12(16)18/h4-5,7-8H,6H2,1-3H3. The molecule has 6 heteroatoms. The molecule has 0 aliphatic carbocycles. The Hall–Kier alpha value is -1.43. The van der Waals surface area contributed by atoms with Crippen LogP contribution < -0.4 is 5.56 Å². The van der Waals surface area contributed by atoms with Crippen LogP contribution in [0.4, 0.5) is 0 Å². The van der Waals surface area contributed by atoms with Gasteiger partial charge in [-0.1, -0.05) is 0 Å². The quantitative estimate of drug-likeness (QED) is 0.872. The van der Waals surface area contributed by atoms with E-state index in [1.54, 1.807) is 17.8 Å². The van der Waals surface area contributed by atoms with E-state index in [0.29, 0.717) is 22.8 Å². The van der Waals surface area contributed by atoms with Crippen LogP contribution in [-0.2, 0) is 6.54 Å². The minimum absolute atomic E-state index is 0.0819. The lowest BCUT2D eigenvalue weighted by atomic mass is 10.4. The first-order chi connectivity index (χ1) is 8.49. The summed E-state index contributed by atoms with van der Waals surface area (Å²) in [5.74, 6) is 0. The van der Waals surface area contributed by atoms with Gasteiger partial charge in [-0.2, -0.15) is 5.10 Å². The van der Waals surface area contributed by atoms with Crippen LogP contribution in [0.15, 0.2) is 27.9 Å². The summed E-state index contributed by atoms with van der Waals surface area (Å²) >= 11 is 3.25. The van der Waals surface area contributed by atoms with Crippen LogP contribution in [0.3, 0.4) is 0 Å². The largest absolute Gasteiger partial charge is 0.292 e. The number of hydrogen-bond donors (Lipinski definition) is 0. The van der Waals surface area contributed by atoms with Gasteiger partial charge in [0.15, 0.2) is 0 Å². The Kier molecular flexibility index (Phi) is 3.65. The molecule has 0 saturated heterocycles. The Bertz CT molecular complexity index is 615. The molecule has 0 amide bonds. The summed E-state index contributed by atoms with van der Waals surface area (Å²) in [6.45, 7) is 6.35. The number of rotatable bonds is 3. The van der Waals surface area contributed by atoms with Crippen LogP contribution in [-0.4, -0.2) is 19.3 Å². The minimum Gasteiger partial charge on any atom is -0.292 e. The summed E-state index contributed by atoms with van der Waals surface area (Å²) in [5.41, 5.74) is 1.47. The maximum atomic E-state index is 12.0. The molecule has 96 valence electrons. The third kappa shape index (κ3) is 2.53. The van der Waals surface area contributed by atoms with Crippen molar-refractivity contribution in [3.63, 3.8) is 0 Å². The van der Waals surface area contributed by atoms with E-state index < -0.39 is 0 Å². The monoisotopic (exact) mass is 310 g/mol. The predicted octanol–water partition coefficient (Wildman–Crippen LogP) is 2.14. The third-order valence-electron chi connectivity index (χ3n) is 2.68. The second-order valence-electron chi connectivity index (χ2n) is 4.46. The maximum absolute atomic E-state index is 12.0. The summed E-state index contributed by atoms with van der Waals surface area (Å²) in [4.78, 5) is 16.1. The van der Waals surface area contributed by atoms with Gasteiger partial charge in [0, 0.05) is 12.2 Å². The molecule has 0 aliphatic heterocycles. The van der Waals surface area contributed by atoms with Gasteiger partial charge < -0.3 is 0 Å². The summed E-state index contributed by atoms with van der Waals surface area (Å²) in [7, 11) is 0. The second-order valence-corrected chi connectivity index (χ2v) is 5.25. The zero-order valence-electron chi connectivity index (χ0n) is 10.6. The van der Waals surface area contributed by atoms with Crippen molar-refractivity contribution in [1.29, 1.82) is 0 Å². The van der Waals surface area contributed by atoms with Crippen LogP contribution in [0.2, 0.25) is 0 Å². The van der Waals surface area contributed by atoms with Crippen molar-refractivity contribution in [2.75, 3.05) is 0 Å². The van der Waals surface area contributed by atoms with Crippen molar-refractivity contribution >= 4 is 15.9 Å². The number of nitrogens with zero attached hydrogens (tertiary/aromatic N) is 4. The molecule has 0 aliphatic rings. The first kappa shape index (κ1) is 13.0. The van der Waals surface area contributed by atoms with E-state index in [1.807, 2.05) is 16.9 Å². The second kappa shape index (κ2) is 5.06. The highest BCUT2D eigenvalue weighted by Gasteiger charge is 2.08. The predicted molar refractivity (Wildman–Crippen MR) is 72.6 cm³/mol. The highest BCUT2D eigenvalue weighted by Crippen LogP contribution is 2.08. The lowest BCUT2D eigenvalue weighted by Crippen LogP contribution is -2.23. The fourth-order valence-corrected chi connectivity index (χ4v) is 1.91. The molecule has 0 bridgehead atoms. The number of aromatic nitrogens is 4. The lowest BCUT2D eigenvalue weighted by Gasteiger charge is -2.06. The molecule has 5 nitrogen and oxygen atoms in total. The number of hydrogen-bond acceptors (Lipinski definition) is 3. The lowest BCUT2D eigenvalue weighted by molar-refractivity contribution is 0.522. The van der Waals surface area contributed by atoms with Gasteiger partial charge in [-0.25, -0.2) is 4.98 Å². The van der Waals surface area contributed by atoms with E-state index >= 15 is 0 Å². The van der Waals surface area contributed by atoms with E-state index in [1.165, 1.54) is 0 Å². The summed E-state index contributed by atoms with van der Waals surface area (Å²) < 4.78 is 3.93. The van der Waals surface area contributed by atoms with Crippen molar-refractivity contribution in [3.8, 4) is 0 Å². The minimum atomic E-state index is -0.0819. The Morgan fingerprint density at radius 2 is 2.17 bits per heavy atom. The molecule has 0 radical (unpaired) electrons. The molecular weight excluding hydrogens is 296 g/mol. The normalized spacial score (nSPS) is 11.2. The zero-order valence-corrected chi connectivity index (χ0v) is 12.2. The first-order valence-corrected chi connectivity index (χ1v) is 6.54. The van der Waals surface area contributed by atoms with E-state index in [0.717, 1.165) is 5.69 Å². The SMILES string of the molecule is Cc1ncn(Cc2ccn(C(C)C)n2)c(=O)c1Br. The average molecular weight is 311 g/mol. The Labute approximate surface area is 114 Å². The van der Waals surface area contributed by atoms with Crippen LogP contribution in [0.25, 0.3) is 0 Å². The number of halogens is 1. The summed E-state index contributed by atoms with van der Waals surface area (Å²) in [6.07, 6.45) is 3.47. The molecule has 18 heavy (non-hydrogen) atoms. The smallest absolute Gasteiger partial charge is 0.268 e. The third-order valence-corrected chi connectivity index (χ3v) is 3.60. The Morgan fingerprint density at radius 1 is 1.44 bits per heavy atom. The van der Waals surface area contributed by atoms with Crippen molar-refractivity contribution in [1.82, 2.24) is 19.3 Å². The van der Waals surface area contributed by atoms with Crippen molar-refractivity contribution in [3.05, 3.63) is 44.8 Å². The maximum Gasteiger partial charge on any atom is 0.268 e. The Morgan fingerprint density at radius 3 is 2.78 bits per heavy atom. The Balaban J connectivity index is 2.29. The fourth-order valence-electron chi connectivity index (χ4n) is 1.58. The zero-order chi connectivity index (χ0) is 13.3. The van der Waals surface area contributed by atoms with E-state index in [-0.39, 0.29) is 5.56 Å². The summed E-state index contributed by atoms with van der Waals surface area (Å²) in [6, 6.07) is 2.23. The van der Waals surface area contributed by atoms with Gasteiger partial charge >= 0.3 is 0 Å². The molecular formula is C12H15BrN4O. The van der Waals surface area contributed by atoms with Crippen molar-refractivity contribution < 1.29 is 0 Å². The van der Waals surface area contributed by atoms with Gasteiger partial charge in [-0.05, 0) is 42.8 Å². The average Bonchev–Trinajstić information content (AvgIpc) is 2.79. The van der Waals surface area contributed by atoms with Gasteiger partial charge in [0.2, 0.25) is 0 Å². The molecule has 0 saturated carbocycles. The molecule has 2 rings (SSSR count). The van der Waals surface area contributed by atoms with Gasteiger partial charge in [0.25, 0.3) is 5.56 Å². The highest BCUT2D eigenvalue weighted by atomic mass is 79.9. The van der Waals surface area contributed by atoms with Crippen LogP contribution in [0.5, 0.6) is 0 Å². The molecule has 2 aromatic rings. The van der Waals surface area contributed by atoms with Gasteiger partial charge in [-0.15, -0.1) is 0 Å². The van der Waals surface area contributed by atoms with Crippen molar-refractivity contribution in [2.45, 2.75) is 33.4 Å². The molecule has 0 N–H and O–H groups in total. The van der Waals surface area contributed by atoms with Gasteiger partial charge in [0.1, 0.15) is 4.47 Å². The molecule has 0 unspecified atom stereocenters. The highest BCUT2D eigenvalue weighted by molar-refractivity contribution is 9.10. The molecule has 2 aromatic heterocycles. The summed E-state index contributed by atoms with van der Waals surface area (Å²) in [5, 5.41) is 4.41. The van der Waals surface area contributed by atoms with E-state index in [9.17, 15) is 4.79 Å². The molecule has 2 heterocycles. The molecule has 0 spiro atoms. The first-order valence-electron chi connectivity index (χ1n) is 5.74. The molecule has 0 aromatic carbocycles. The fraction of sp³-hybridized carbons (Fsp3) is 0.417. The number of aryl methyl sites for hydroxylation is 1. The topological polar surface area (TPSA) is 52.7 Å². The van der Waals surface area contributed by atoms with Crippen molar-refractivity contribution in [2.24, 2.45) is 0 Å². The van der Waals surface area contributed by atoms with Gasteiger partial charge in [-0.3, -0.25) is 14.0 Å². The van der Waals surface area contributed by atoms with Crippen LogP contribution >= 0.6 is 15.9 Å². The van der Waals surface area contributed by atoms with E-state index in [4.69, 9.17) is 0 Å². The molecule has 0 fully saturated rings. The van der Waals surface area contributed by atoms with Crippen LogP contribution in [0.1, 0.15) is 31.3 Å². The van der Waals surface area contributed by atoms with Gasteiger partial charge in [0.05, 0.1) is 24.3 Å². The van der Waals surface area contributed by atoms with Crippen LogP contribution in [0, 0.1) is 6.92 Å².